The first kappa shape index (κ1) is 89.1. The summed E-state index contributed by atoms with van der Waals surface area (Å²) in [7, 11) is 6.59. The number of unbranched alkanes of at least 4 members (excludes halogenated alkanes) is 7. The van der Waals surface area contributed by atoms with Crippen molar-refractivity contribution in [2.24, 2.45) is 0 Å². The number of ether oxygens (including phenoxy) is 4. The molecule has 16 heteroatoms. The molecule has 4 N–H and O–H groups in total. The molecule has 0 aliphatic heterocycles. The summed E-state index contributed by atoms with van der Waals surface area (Å²) in [6.07, 6.45) is 15.0. The number of hydrogen-bond acceptors (Lipinski definition) is 8. The van der Waals surface area contributed by atoms with E-state index < -0.39 is 0 Å². The van der Waals surface area contributed by atoms with Gasteiger partial charge in [-0.2, -0.15) is 0 Å². The smallest absolute Gasteiger partial charge is 0.216 e. The van der Waals surface area contributed by atoms with E-state index in [1.165, 1.54) is 79.1 Å². The first-order valence-electron chi connectivity index (χ1n) is 24.9. The number of rotatable bonds is 23. The second kappa shape index (κ2) is 88.1. The minimum absolute atomic E-state index is 0. The second-order valence-corrected chi connectivity index (χ2v) is 15.1. The van der Waals surface area contributed by atoms with E-state index in [2.05, 4.69) is 35.1 Å². The fraction of sp³-hybridized carbons (Fsp3) is 0.517. The van der Waals surface area contributed by atoms with Gasteiger partial charge in [0.1, 0.15) is 0 Å². The van der Waals surface area contributed by atoms with Crippen molar-refractivity contribution in [3.8, 4) is 0 Å². The molecule has 4 amide bonds. The van der Waals surface area contributed by atoms with Crippen LogP contribution in [0.5, 0.6) is 0 Å². The third kappa shape index (κ3) is 117. The Labute approximate surface area is 469 Å². The Hall–Kier alpha value is -4.53. The molecular weight excluding hydrogens is 993 g/mol. The molecule has 0 atom stereocenters. The number of nitrogens with one attached hydrogen (secondary N) is 4. The van der Waals surface area contributed by atoms with Gasteiger partial charge < -0.3 is 40.2 Å². The van der Waals surface area contributed by atoms with Crippen molar-refractivity contribution in [2.75, 3.05) is 81.0 Å². The number of carbonyl (C=O) groups excluding carboxylic acids is 4. The topological polar surface area (TPSA) is 153 Å². The number of benzene rings is 4. The van der Waals surface area contributed by atoms with Crippen LogP contribution in [0.4, 0.5) is 0 Å². The largest absolute Gasteiger partial charge is 0.385 e. The molecule has 0 saturated heterocycles. The third-order valence-electron chi connectivity index (χ3n) is 8.22. The molecule has 12 nitrogen and oxygen atoms in total. The van der Waals surface area contributed by atoms with Gasteiger partial charge in [0.2, 0.25) is 23.6 Å². The fourth-order valence-electron chi connectivity index (χ4n) is 4.67. The monoisotopic (exact) mass is 1110 g/mol. The summed E-state index contributed by atoms with van der Waals surface area (Å²) in [5.41, 5.74) is 0. The van der Waals surface area contributed by atoms with E-state index in [1.54, 1.807) is 28.4 Å². The average molecular weight is 1110 g/mol. The highest BCUT2D eigenvalue weighted by molar-refractivity contribution is 5.76. The zero-order chi connectivity index (χ0) is 53.1. The highest BCUT2D eigenvalue weighted by atomic mass is 28.1. The maximum atomic E-state index is 10.3. The van der Waals surface area contributed by atoms with E-state index in [-0.39, 0.29) is 67.5 Å². The van der Waals surface area contributed by atoms with E-state index in [0.29, 0.717) is 52.6 Å². The van der Waals surface area contributed by atoms with E-state index in [1.807, 2.05) is 146 Å². The molecule has 0 aliphatic rings. The van der Waals surface area contributed by atoms with E-state index >= 15 is 0 Å². The van der Waals surface area contributed by atoms with Gasteiger partial charge in [-0.1, -0.05) is 211 Å². The predicted octanol–water partition coefficient (Wildman–Crippen LogP) is 5.72. The van der Waals surface area contributed by atoms with Crippen LogP contribution in [-0.2, 0) is 38.1 Å². The molecule has 0 fully saturated rings. The lowest BCUT2D eigenvalue weighted by Crippen LogP contribution is -2.21. The van der Waals surface area contributed by atoms with Crippen molar-refractivity contribution in [3.63, 3.8) is 0 Å². The molecule has 0 saturated carbocycles. The van der Waals surface area contributed by atoms with Crippen LogP contribution in [-0.4, -0.2) is 149 Å². The maximum absolute atomic E-state index is 10.3. The summed E-state index contributed by atoms with van der Waals surface area (Å²) in [6.45, 7) is 16.2. The van der Waals surface area contributed by atoms with Crippen molar-refractivity contribution in [1.82, 2.24) is 21.3 Å². The third-order valence-corrected chi connectivity index (χ3v) is 8.22. The van der Waals surface area contributed by atoms with Gasteiger partial charge >= 0.3 is 0 Å². The van der Waals surface area contributed by atoms with E-state index in [9.17, 15) is 19.2 Å². The molecule has 0 unspecified atom stereocenters. The highest BCUT2D eigenvalue weighted by Gasteiger charge is 1.91. The normalized spacial score (nSPS) is 8.41. The van der Waals surface area contributed by atoms with Gasteiger partial charge in [-0.3, -0.25) is 19.2 Å². The summed E-state index contributed by atoms with van der Waals surface area (Å²) in [6, 6.07) is 48.0. The zero-order valence-corrected chi connectivity index (χ0v) is 45.3. The summed E-state index contributed by atoms with van der Waals surface area (Å²) in [5, 5.41) is 10.6. The van der Waals surface area contributed by atoms with Crippen LogP contribution in [0.2, 0.25) is 0 Å². The Morgan fingerprint density at radius 2 is 0.405 bits per heavy atom. The fourth-order valence-corrected chi connectivity index (χ4v) is 4.67. The molecule has 4 rings (SSSR count). The molecule has 0 bridgehead atoms. The van der Waals surface area contributed by atoms with Gasteiger partial charge in [-0.25, -0.2) is 0 Å². The van der Waals surface area contributed by atoms with Crippen LogP contribution in [0.1, 0.15) is 119 Å². The Balaban J connectivity index is -0.0000000915. The Bertz CT molecular complexity index is 1200. The van der Waals surface area contributed by atoms with Gasteiger partial charge in [0.25, 0.3) is 0 Å². The van der Waals surface area contributed by atoms with Crippen molar-refractivity contribution in [2.45, 2.75) is 119 Å². The predicted molar refractivity (Wildman–Crippen MR) is 340 cm³/mol. The van der Waals surface area contributed by atoms with E-state index in [0.717, 1.165) is 25.7 Å². The van der Waals surface area contributed by atoms with Crippen molar-refractivity contribution >= 4 is 67.5 Å². The Kier molecular flexibility index (Phi) is 106. The first-order chi connectivity index (χ1) is 34.0. The minimum Gasteiger partial charge on any atom is -0.385 e. The molecule has 4 aromatic rings. The summed E-state index contributed by atoms with van der Waals surface area (Å²) in [5.74, 6) is 0.0782. The number of methoxy groups -OCH3 is 4. The molecule has 430 valence electrons. The summed E-state index contributed by atoms with van der Waals surface area (Å²) >= 11 is 0. The molecule has 0 radical (unpaired) electrons. The molecule has 0 heterocycles. The lowest BCUT2D eigenvalue weighted by Gasteiger charge is -1.98. The number of hydrogen-bond donors (Lipinski definition) is 4. The maximum Gasteiger partial charge on any atom is 0.216 e. The quantitative estimate of drug-likeness (QED) is 0.0544. The molecule has 0 aromatic heterocycles. The second-order valence-electron chi connectivity index (χ2n) is 15.1. The first-order valence-corrected chi connectivity index (χ1v) is 24.9. The van der Waals surface area contributed by atoms with Crippen molar-refractivity contribution < 1.29 is 38.1 Å². The van der Waals surface area contributed by atoms with Crippen LogP contribution >= 0.6 is 0 Å². The lowest BCUT2D eigenvalue weighted by atomic mass is 10.1. The van der Waals surface area contributed by atoms with Gasteiger partial charge in [0.05, 0.1) is 0 Å². The molecule has 0 aliphatic carbocycles. The molecule has 74 heavy (non-hydrogen) atoms. The number of carbonyl (C=O) groups is 4. The Morgan fingerprint density at radius 1 is 0.270 bits per heavy atom. The van der Waals surface area contributed by atoms with Crippen molar-refractivity contribution in [3.05, 3.63) is 146 Å². The van der Waals surface area contributed by atoms with Crippen LogP contribution in [0.3, 0.4) is 0 Å². The summed E-state index contributed by atoms with van der Waals surface area (Å²) in [4.78, 5) is 41.0. The molecule has 4 aromatic carbocycles. The van der Waals surface area contributed by atoms with Gasteiger partial charge in [0, 0.05) is 109 Å². The van der Waals surface area contributed by atoms with Gasteiger partial charge in [-0.15, -0.1) is 0 Å². The Morgan fingerprint density at radius 3 is 0.514 bits per heavy atom. The zero-order valence-electron chi connectivity index (χ0n) is 45.3. The summed E-state index contributed by atoms with van der Waals surface area (Å²) < 4.78 is 19.1. The van der Waals surface area contributed by atoms with Gasteiger partial charge in [0.15, 0.2) is 0 Å². The molecule has 0 spiro atoms. The van der Waals surface area contributed by atoms with Crippen LogP contribution in [0, 0.1) is 0 Å². The molecular formula is C58H114N4O8Si4. The lowest BCUT2D eigenvalue weighted by molar-refractivity contribution is -0.119. The van der Waals surface area contributed by atoms with Crippen molar-refractivity contribution in [1.29, 1.82) is 0 Å². The minimum atomic E-state index is 0. The van der Waals surface area contributed by atoms with Gasteiger partial charge in [-0.05, 0) is 69.5 Å². The van der Waals surface area contributed by atoms with Crippen LogP contribution in [0.15, 0.2) is 146 Å². The number of amides is 4. The standard InChI is InChI=1S/C10H22.4C6H13NO2.4C6H6.4H4Si/c1-3-5-7-9-10-8-6-4-2;4*1-6(8)7-4-3-5-9-2;4*1-2-4-6-5-3-1;;;;/h3-10H2,1-2H3;4*3-5H2,1-2H3,(H,7,8);4*1-6H;4*1H4. The van der Waals surface area contributed by atoms with Crippen LogP contribution < -0.4 is 21.3 Å². The highest BCUT2D eigenvalue weighted by Crippen LogP contribution is 2.07. The SMILES string of the molecule is CCCCCCCCCC.COCCCNC(C)=O.COCCCNC(C)=O.COCCCNC(C)=O.COCCCNC(C)=O.[SiH4].[SiH4].[SiH4].[SiH4].c1ccccc1.c1ccccc1.c1ccccc1.c1ccccc1. The van der Waals surface area contributed by atoms with E-state index in [4.69, 9.17) is 18.9 Å². The van der Waals surface area contributed by atoms with Crippen LogP contribution in [0.25, 0.3) is 0 Å². The average Bonchev–Trinajstić information content (AvgIpc) is 3.39.